The molecule has 0 aliphatic heterocycles. The third-order valence-corrected chi connectivity index (χ3v) is 2.72. The normalized spacial score (nSPS) is 10.7. The Morgan fingerprint density at radius 1 is 1.50 bits per heavy atom. The van der Waals surface area contributed by atoms with Gasteiger partial charge in [-0.1, -0.05) is 17.8 Å². The van der Waals surface area contributed by atoms with E-state index in [1.165, 1.54) is 11.5 Å². The highest BCUT2D eigenvalue weighted by Gasteiger charge is 2.15. The van der Waals surface area contributed by atoms with Gasteiger partial charge in [-0.15, -0.1) is 5.10 Å². The van der Waals surface area contributed by atoms with Crippen molar-refractivity contribution in [2.24, 2.45) is 0 Å². The Balaban J connectivity index is 2.36. The molecule has 0 amide bonds. The van der Waals surface area contributed by atoms with Crippen LogP contribution in [0.1, 0.15) is 19.0 Å². The zero-order valence-corrected chi connectivity index (χ0v) is 9.80. The summed E-state index contributed by atoms with van der Waals surface area (Å²) in [5, 5.41) is 7.67. The van der Waals surface area contributed by atoms with E-state index in [0.29, 0.717) is 10.6 Å². The van der Waals surface area contributed by atoms with Gasteiger partial charge in [-0.3, -0.25) is 0 Å². The van der Waals surface area contributed by atoms with E-state index in [1.807, 2.05) is 0 Å². The predicted octanol–water partition coefficient (Wildman–Crippen LogP) is 2.30. The summed E-state index contributed by atoms with van der Waals surface area (Å²) >= 11 is 4.41. The number of halogens is 1. The van der Waals surface area contributed by atoms with Crippen molar-refractivity contribution in [1.29, 1.82) is 0 Å². The summed E-state index contributed by atoms with van der Waals surface area (Å²) in [6, 6.07) is 0. The molecule has 5 nitrogen and oxygen atoms in total. The van der Waals surface area contributed by atoms with Crippen LogP contribution in [0, 0.1) is 0 Å². The molecular weight excluding hydrogens is 268 g/mol. The second kappa shape index (κ2) is 4.14. The van der Waals surface area contributed by atoms with E-state index in [1.54, 1.807) is 0 Å². The summed E-state index contributed by atoms with van der Waals surface area (Å²) in [5.41, 5.74) is 0.925. The van der Waals surface area contributed by atoms with Gasteiger partial charge in [-0.05, 0) is 39.0 Å². The van der Waals surface area contributed by atoms with Crippen molar-refractivity contribution in [2.75, 3.05) is 0 Å². The van der Waals surface area contributed by atoms with Crippen LogP contribution < -0.4 is 0 Å². The van der Waals surface area contributed by atoms with Gasteiger partial charge in [0.1, 0.15) is 4.88 Å². The Bertz CT molecular complexity index is 427. The van der Waals surface area contributed by atoms with Gasteiger partial charge in [-0.2, -0.15) is 4.98 Å². The van der Waals surface area contributed by atoms with E-state index >= 15 is 0 Å². The van der Waals surface area contributed by atoms with Gasteiger partial charge in [0.25, 0.3) is 5.89 Å². The quantitative estimate of drug-likeness (QED) is 0.859. The van der Waals surface area contributed by atoms with Crippen molar-refractivity contribution in [3.05, 3.63) is 10.4 Å². The average molecular weight is 275 g/mol. The Hall–Kier alpha value is -0.820. The highest BCUT2D eigenvalue weighted by atomic mass is 79.9. The lowest BCUT2D eigenvalue weighted by atomic mass is 10.2. The molecule has 0 unspecified atom stereocenters. The molecule has 2 heterocycles. The van der Waals surface area contributed by atoms with Crippen molar-refractivity contribution in [1.82, 2.24) is 19.7 Å². The number of aryl methyl sites for hydroxylation is 1. The molecule has 0 N–H and O–H groups in total. The minimum atomic E-state index is 0.448. The molecule has 0 spiro atoms. The smallest absolute Gasteiger partial charge is 0.272 e. The average Bonchev–Trinajstić information content (AvgIpc) is 2.74. The van der Waals surface area contributed by atoms with Crippen LogP contribution in [0.5, 0.6) is 0 Å². The molecule has 7 heteroatoms. The number of nitrogens with zero attached hydrogens (tertiary/aromatic N) is 4. The lowest BCUT2D eigenvalue weighted by Crippen LogP contribution is -1.86. The first-order valence-corrected chi connectivity index (χ1v) is 5.68. The molecule has 0 radical (unpaired) electrons. The van der Waals surface area contributed by atoms with Crippen LogP contribution in [0.2, 0.25) is 0 Å². The lowest BCUT2D eigenvalue weighted by Gasteiger charge is -1.91. The summed E-state index contributed by atoms with van der Waals surface area (Å²) in [5.74, 6) is 0.482. The molecule has 0 saturated heterocycles. The summed E-state index contributed by atoms with van der Waals surface area (Å²) < 4.78 is 9.34. The first kappa shape index (κ1) is 9.72. The maximum Gasteiger partial charge on any atom is 0.272 e. The highest BCUT2D eigenvalue weighted by Crippen LogP contribution is 2.25. The molecule has 2 rings (SSSR count). The first-order valence-electron chi connectivity index (χ1n) is 4.12. The Morgan fingerprint density at radius 2 is 2.36 bits per heavy atom. The van der Waals surface area contributed by atoms with E-state index in [2.05, 4.69) is 42.6 Å². The van der Waals surface area contributed by atoms with Gasteiger partial charge in [-0.25, -0.2) is 0 Å². The molecule has 74 valence electrons. The minimum absolute atomic E-state index is 0.448. The third kappa shape index (κ3) is 1.83. The molecule has 0 aliphatic rings. The topological polar surface area (TPSA) is 64.7 Å². The molecule has 0 bridgehead atoms. The fraction of sp³-hybridized carbons (Fsp3) is 0.429. The maximum atomic E-state index is 5.02. The molecular formula is C7H7BrN4OS. The third-order valence-electron chi connectivity index (χ3n) is 1.64. The molecule has 0 aliphatic carbocycles. The van der Waals surface area contributed by atoms with Gasteiger partial charge in [0.05, 0.1) is 5.69 Å². The first-order chi connectivity index (χ1) is 6.81. The number of hydrogen-bond donors (Lipinski definition) is 0. The van der Waals surface area contributed by atoms with Gasteiger partial charge in [0.2, 0.25) is 4.73 Å². The van der Waals surface area contributed by atoms with Crippen molar-refractivity contribution < 1.29 is 4.52 Å². The Labute approximate surface area is 92.8 Å². The SMILES string of the molecule is CCCc1nnsc1-c1nc(Br)no1. The minimum Gasteiger partial charge on any atom is -0.332 e. The van der Waals surface area contributed by atoms with Gasteiger partial charge in [0, 0.05) is 0 Å². The number of hydrogen-bond acceptors (Lipinski definition) is 6. The van der Waals surface area contributed by atoms with E-state index in [4.69, 9.17) is 4.52 Å². The molecule has 0 saturated carbocycles. The monoisotopic (exact) mass is 274 g/mol. The standard InChI is InChI=1S/C7H7BrN4OS/c1-2-3-4-5(14-12-10-4)6-9-7(8)11-13-6/h2-3H2,1H3. The second-order valence-corrected chi connectivity index (χ2v) is 4.13. The molecule has 0 atom stereocenters. The van der Waals surface area contributed by atoms with Crippen LogP contribution in [0.25, 0.3) is 10.8 Å². The van der Waals surface area contributed by atoms with Gasteiger partial charge in [0.15, 0.2) is 0 Å². The van der Waals surface area contributed by atoms with Crippen molar-refractivity contribution in [3.63, 3.8) is 0 Å². The maximum absolute atomic E-state index is 5.02. The van der Waals surface area contributed by atoms with E-state index in [0.717, 1.165) is 23.4 Å². The van der Waals surface area contributed by atoms with Gasteiger partial charge >= 0.3 is 0 Å². The highest BCUT2D eigenvalue weighted by molar-refractivity contribution is 9.10. The number of rotatable bonds is 3. The van der Waals surface area contributed by atoms with E-state index < -0.39 is 0 Å². The van der Waals surface area contributed by atoms with Crippen LogP contribution in [-0.2, 0) is 6.42 Å². The number of aromatic nitrogens is 4. The van der Waals surface area contributed by atoms with Crippen LogP contribution in [0.3, 0.4) is 0 Å². The van der Waals surface area contributed by atoms with Crippen LogP contribution in [0.15, 0.2) is 9.26 Å². The van der Waals surface area contributed by atoms with E-state index in [-0.39, 0.29) is 0 Å². The largest absolute Gasteiger partial charge is 0.332 e. The predicted molar refractivity (Wildman–Crippen MR) is 54.9 cm³/mol. The van der Waals surface area contributed by atoms with Crippen LogP contribution >= 0.6 is 27.5 Å². The summed E-state index contributed by atoms with van der Waals surface area (Å²) in [7, 11) is 0. The zero-order valence-electron chi connectivity index (χ0n) is 7.40. The molecule has 14 heavy (non-hydrogen) atoms. The lowest BCUT2D eigenvalue weighted by molar-refractivity contribution is 0.426. The van der Waals surface area contributed by atoms with E-state index in [9.17, 15) is 0 Å². The van der Waals surface area contributed by atoms with Crippen molar-refractivity contribution in [3.8, 4) is 10.8 Å². The Kier molecular flexibility index (Phi) is 2.87. The summed E-state index contributed by atoms with van der Waals surface area (Å²) in [4.78, 5) is 4.93. The van der Waals surface area contributed by atoms with Gasteiger partial charge < -0.3 is 4.52 Å². The van der Waals surface area contributed by atoms with Crippen LogP contribution in [0.4, 0.5) is 0 Å². The fourth-order valence-electron chi connectivity index (χ4n) is 1.07. The molecule has 2 aromatic rings. The van der Waals surface area contributed by atoms with Crippen molar-refractivity contribution in [2.45, 2.75) is 19.8 Å². The summed E-state index contributed by atoms with van der Waals surface area (Å²) in [6.45, 7) is 2.09. The Morgan fingerprint density at radius 3 is 3.00 bits per heavy atom. The molecule has 0 aromatic carbocycles. The van der Waals surface area contributed by atoms with Crippen molar-refractivity contribution >= 4 is 27.5 Å². The second-order valence-electron chi connectivity index (χ2n) is 2.67. The van der Waals surface area contributed by atoms with Crippen LogP contribution in [-0.4, -0.2) is 19.7 Å². The zero-order chi connectivity index (χ0) is 9.97. The summed E-state index contributed by atoms with van der Waals surface area (Å²) in [6.07, 6.45) is 1.90. The molecule has 0 fully saturated rings. The molecule has 2 aromatic heterocycles. The fourth-order valence-corrected chi connectivity index (χ4v) is 1.93.